The Labute approximate surface area is 96.9 Å². The molecule has 1 aromatic carbocycles. The Morgan fingerprint density at radius 3 is 3.00 bits per heavy atom. The first-order valence-electron chi connectivity index (χ1n) is 4.92. The zero-order valence-electron chi connectivity index (χ0n) is 8.37. The molecular weight excluding hydrogens is 228 g/mol. The van der Waals surface area contributed by atoms with E-state index in [1.54, 1.807) is 12.1 Å². The fourth-order valence-corrected chi connectivity index (χ4v) is 2.19. The molecule has 0 fully saturated rings. The van der Waals surface area contributed by atoms with Gasteiger partial charge in [-0.25, -0.2) is 0 Å². The van der Waals surface area contributed by atoms with E-state index in [9.17, 15) is 0 Å². The minimum Gasteiger partial charge on any atom is -0.493 e. The topological polar surface area (TPSA) is 61.3 Å². The number of ether oxygens (including phenoxy) is 1. The number of anilines is 1. The third-order valence-electron chi connectivity index (χ3n) is 2.60. The van der Waals surface area contributed by atoms with Crippen LogP contribution in [0, 0.1) is 0 Å². The lowest BCUT2D eigenvalue weighted by molar-refractivity contribution is 0.357. The number of hydrogen-bond acceptors (Lipinski definition) is 4. The van der Waals surface area contributed by atoms with Crippen LogP contribution in [0.5, 0.6) is 5.75 Å². The number of nitrogens with two attached hydrogens (primary N) is 1. The lowest BCUT2D eigenvalue weighted by atomic mass is 10.0. The first-order chi connectivity index (χ1) is 7.75. The van der Waals surface area contributed by atoms with Crippen LogP contribution in [-0.2, 0) is 6.42 Å². The van der Waals surface area contributed by atoms with Crippen LogP contribution in [0.15, 0.2) is 22.7 Å². The van der Waals surface area contributed by atoms with Gasteiger partial charge in [-0.05, 0) is 12.1 Å². The smallest absolute Gasteiger partial charge is 0.170 e. The number of benzene rings is 1. The van der Waals surface area contributed by atoms with Crippen molar-refractivity contribution in [3.8, 4) is 17.1 Å². The molecule has 1 aromatic heterocycles. The minimum atomic E-state index is 0.350. The van der Waals surface area contributed by atoms with Crippen molar-refractivity contribution in [2.45, 2.75) is 6.42 Å². The molecule has 0 bridgehead atoms. The molecule has 2 aromatic rings. The van der Waals surface area contributed by atoms with Crippen molar-refractivity contribution in [3.63, 3.8) is 0 Å². The maximum atomic E-state index is 6.17. The summed E-state index contributed by atoms with van der Waals surface area (Å²) in [4.78, 5) is 0. The van der Waals surface area contributed by atoms with Gasteiger partial charge in [-0.3, -0.25) is 0 Å². The van der Waals surface area contributed by atoms with Crippen molar-refractivity contribution in [1.82, 2.24) is 5.16 Å². The number of fused-ring (bicyclic) bond motifs is 1. The highest BCUT2D eigenvalue weighted by Crippen LogP contribution is 2.40. The monoisotopic (exact) mass is 236 g/mol. The van der Waals surface area contributed by atoms with Crippen LogP contribution in [0.25, 0.3) is 11.3 Å². The zero-order chi connectivity index (χ0) is 11.1. The van der Waals surface area contributed by atoms with Crippen LogP contribution in [0.1, 0.15) is 5.56 Å². The normalized spacial score (nSPS) is 13.6. The summed E-state index contributed by atoms with van der Waals surface area (Å²) in [7, 11) is 0. The SMILES string of the molecule is Nc1cc(-c2c(Cl)ccc3c2CCO3)on1. The second kappa shape index (κ2) is 3.42. The van der Waals surface area contributed by atoms with E-state index >= 15 is 0 Å². The van der Waals surface area contributed by atoms with Crippen LogP contribution < -0.4 is 10.5 Å². The molecule has 0 radical (unpaired) electrons. The molecule has 3 rings (SSSR count). The Morgan fingerprint density at radius 1 is 1.38 bits per heavy atom. The van der Waals surface area contributed by atoms with Gasteiger partial charge in [0.1, 0.15) is 5.75 Å². The summed E-state index contributed by atoms with van der Waals surface area (Å²) in [5.41, 5.74) is 7.43. The van der Waals surface area contributed by atoms with E-state index in [0.717, 1.165) is 23.3 Å². The van der Waals surface area contributed by atoms with E-state index in [2.05, 4.69) is 5.16 Å². The van der Waals surface area contributed by atoms with Crippen molar-refractivity contribution in [2.24, 2.45) is 0 Å². The molecule has 82 valence electrons. The van der Waals surface area contributed by atoms with Crippen molar-refractivity contribution in [2.75, 3.05) is 12.3 Å². The lowest BCUT2D eigenvalue weighted by Gasteiger charge is -2.05. The summed E-state index contributed by atoms with van der Waals surface area (Å²) >= 11 is 6.17. The van der Waals surface area contributed by atoms with Crippen LogP contribution >= 0.6 is 11.6 Å². The molecule has 16 heavy (non-hydrogen) atoms. The van der Waals surface area contributed by atoms with Crippen LogP contribution in [0.4, 0.5) is 5.82 Å². The summed E-state index contributed by atoms with van der Waals surface area (Å²) in [6.07, 6.45) is 0.825. The van der Waals surface area contributed by atoms with Gasteiger partial charge in [-0.2, -0.15) is 0 Å². The molecular formula is C11H9ClN2O2. The average molecular weight is 237 g/mol. The number of rotatable bonds is 1. The molecule has 5 heteroatoms. The highest BCUT2D eigenvalue weighted by molar-refractivity contribution is 6.33. The molecule has 0 amide bonds. The summed E-state index contributed by atoms with van der Waals surface area (Å²) in [6, 6.07) is 5.33. The molecule has 1 aliphatic heterocycles. The maximum Gasteiger partial charge on any atom is 0.170 e. The lowest BCUT2D eigenvalue weighted by Crippen LogP contribution is -1.87. The van der Waals surface area contributed by atoms with Gasteiger partial charge >= 0.3 is 0 Å². The summed E-state index contributed by atoms with van der Waals surface area (Å²) < 4.78 is 10.6. The number of nitrogens with zero attached hydrogens (tertiary/aromatic N) is 1. The summed E-state index contributed by atoms with van der Waals surface area (Å²) in [5.74, 6) is 1.79. The Hall–Kier alpha value is -1.68. The average Bonchev–Trinajstić information content (AvgIpc) is 2.86. The van der Waals surface area contributed by atoms with Gasteiger partial charge < -0.3 is 15.0 Å². The third kappa shape index (κ3) is 1.34. The van der Waals surface area contributed by atoms with Gasteiger partial charge in [-0.1, -0.05) is 16.8 Å². The first-order valence-corrected chi connectivity index (χ1v) is 5.30. The molecule has 0 spiro atoms. The third-order valence-corrected chi connectivity index (χ3v) is 2.92. The number of halogens is 1. The Morgan fingerprint density at radius 2 is 2.25 bits per heavy atom. The van der Waals surface area contributed by atoms with Gasteiger partial charge in [0.2, 0.25) is 0 Å². The maximum absolute atomic E-state index is 6.17. The number of aromatic nitrogens is 1. The van der Waals surface area contributed by atoms with Crippen molar-refractivity contribution in [1.29, 1.82) is 0 Å². The standard InChI is InChI=1S/C11H9ClN2O2/c12-7-1-2-8-6(3-4-15-8)11(7)9-5-10(13)14-16-9/h1-2,5H,3-4H2,(H2,13,14). The van der Waals surface area contributed by atoms with E-state index in [4.69, 9.17) is 26.6 Å². The van der Waals surface area contributed by atoms with Gasteiger partial charge in [0, 0.05) is 23.6 Å². The van der Waals surface area contributed by atoms with E-state index in [-0.39, 0.29) is 0 Å². The van der Waals surface area contributed by atoms with Crippen molar-refractivity contribution < 1.29 is 9.26 Å². The predicted molar refractivity (Wildman–Crippen MR) is 60.6 cm³/mol. The first kappa shape index (κ1) is 9.54. The molecule has 1 aliphatic rings. The van der Waals surface area contributed by atoms with E-state index < -0.39 is 0 Å². The largest absolute Gasteiger partial charge is 0.493 e. The Balaban J connectivity index is 2.23. The van der Waals surface area contributed by atoms with Gasteiger partial charge in [0.25, 0.3) is 0 Å². The minimum absolute atomic E-state index is 0.350. The molecule has 2 N–H and O–H groups in total. The fraction of sp³-hybridized carbons (Fsp3) is 0.182. The van der Waals surface area contributed by atoms with Crippen LogP contribution in [0.2, 0.25) is 5.02 Å². The number of nitrogen functional groups attached to an aromatic ring is 1. The highest BCUT2D eigenvalue weighted by atomic mass is 35.5. The second-order valence-corrected chi connectivity index (χ2v) is 4.02. The van der Waals surface area contributed by atoms with E-state index in [1.165, 1.54) is 0 Å². The molecule has 0 aliphatic carbocycles. The van der Waals surface area contributed by atoms with E-state index in [0.29, 0.717) is 23.2 Å². The molecule has 0 saturated heterocycles. The molecule has 0 unspecified atom stereocenters. The van der Waals surface area contributed by atoms with Gasteiger partial charge in [0.15, 0.2) is 11.6 Å². The second-order valence-electron chi connectivity index (χ2n) is 3.61. The fourth-order valence-electron chi connectivity index (χ4n) is 1.92. The van der Waals surface area contributed by atoms with Crippen LogP contribution in [0.3, 0.4) is 0 Å². The summed E-state index contributed by atoms with van der Waals surface area (Å²) in [5, 5.41) is 4.29. The zero-order valence-corrected chi connectivity index (χ0v) is 9.12. The molecule has 4 nitrogen and oxygen atoms in total. The molecule has 0 atom stereocenters. The van der Waals surface area contributed by atoms with Crippen molar-refractivity contribution >= 4 is 17.4 Å². The summed E-state index contributed by atoms with van der Waals surface area (Å²) in [6.45, 7) is 0.673. The van der Waals surface area contributed by atoms with E-state index in [1.807, 2.05) is 6.07 Å². The molecule has 0 saturated carbocycles. The van der Waals surface area contributed by atoms with Gasteiger partial charge in [-0.15, -0.1) is 0 Å². The quantitative estimate of drug-likeness (QED) is 0.827. The van der Waals surface area contributed by atoms with Crippen LogP contribution in [-0.4, -0.2) is 11.8 Å². The highest BCUT2D eigenvalue weighted by Gasteiger charge is 2.22. The Kier molecular flexibility index (Phi) is 2.04. The van der Waals surface area contributed by atoms with Gasteiger partial charge in [0.05, 0.1) is 11.6 Å². The Bertz CT molecular complexity index is 551. The number of hydrogen-bond donors (Lipinski definition) is 1. The molecule has 2 heterocycles. The van der Waals surface area contributed by atoms with Crippen molar-refractivity contribution in [3.05, 3.63) is 28.8 Å². The predicted octanol–water partition coefficient (Wildman–Crippen LogP) is 2.51.